The van der Waals surface area contributed by atoms with Crippen LogP contribution in [0.5, 0.6) is 0 Å². The number of likely N-dealkylation sites (tertiary alicyclic amines) is 1. The van der Waals surface area contributed by atoms with E-state index in [0.717, 1.165) is 32.2 Å². The van der Waals surface area contributed by atoms with E-state index in [2.05, 4.69) is 52.5 Å². The molecule has 22 heavy (non-hydrogen) atoms. The number of rotatable bonds is 5. The number of nitrogens with zero attached hydrogens (tertiary/aromatic N) is 2. The van der Waals surface area contributed by atoms with Gasteiger partial charge < -0.3 is 15.0 Å². The van der Waals surface area contributed by atoms with Crippen LogP contribution in [-0.4, -0.2) is 51.3 Å². The maximum Gasteiger partial charge on any atom is 0.193 e. The van der Waals surface area contributed by atoms with E-state index in [9.17, 15) is 0 Å². The quantitative estimate of drug-likeness (QED) is 0.455. The molecule has 0 spiro atoms. The van der Waals surface area contributed by atoms with Crippen LogP contribution in [0, 0.1) is 5.92 Å². The molecule has 0 bridgehead atoms. The molecule has 1 saturated heterocycles. The minimum Gasteiger partial charge on any atom is -0.384 e. The second-order valence-corrected chi connectivity index (χ2v) is 5.80. The molecule has 0 aromatic heterocycles. The number of guanidine groups is 1. The van der Waals surface area contributed by atoms with Crippen molar-refractivity contribution in [2.24, 2.45) is 10.9 Å². The van der Waals surface area contributed by atoms with Gasteiger partial charge in [0.05, 0.1) is 6.61 Å². The number of hydrogen-bond acceptors (Lipinski definition) is 2. The van der Waals surface area contributed by atoms with Crippen molar-refractivity contribution >= 4 is 29.9 Å². The molecule has 2 atom stereocenters. The van der Waals surface area contributed by atoms with E-state index in [0.29, 0.717) is 11.8 Å². The molecule has 1 fully saturated rings. The molecule has 4 nitrogen and oxygen atoms in total. The van der Waals surface area contributed by atoms with Crippen molar-refractivity contribution in [1.29, 1.82) is 0 Å². The Balaban J connectivity index is 0.00000242. The highest BCUT2D eigenvalue weighted by atomic mass is 127. The predicted octanol–water partition coefficient (Wildman–Crippen LogP) is 2.95. The first-order valence-corrected chi connectivity index (χ1v) is 7.74. The number of nitrogens with one attached hydrogen (secondary N) is 1. The summed E-state index contributed by atoms with van der Waals surface area (Å²) in [6.45, 7) is 6.09. The van der Waals surface area contributed by atoms with Gasteiger partial charge in [-0.3, -0.25) is 4.99 Å². The maximum absolute atomic E-state index is 5.26. The third-order valence-electron chi connectivity index (χ3n) is 4.13. The maximum atomic E-state index is 5.26. The third kappa shape index (κ3) is 5.43. The Morgan fingerprint density at radius 1 is 1.41 bits per heavy atom. The molecule has 1 N–H and O–H groups in total. The number of benzene rings is 1. The summed E-state index contributed by atoms with van der Waals surface area (Å²) in [4.78, 5) is 6.76. The summed E-state index contributed by atoms with van der Waals surface area (Å²) in [6.07, 6.45) is 1.18. The molecule has 0 aliphatic carbocycles. The Hall–Kier alpha value is -0.820. The van der Waals surface area contributed by atoms with Crippen LogP contribution < -0.4 is 5.32 Å². The van der Waals surface area contributed by atoms with Crippen LogP contribution in [0.4, 0.5) is 0 Å². The molecule has 0 amide bonds. The van der Waals surface area contributed by atoms with E-state index in [-0.39, 0.29) is 24.0 Å². The normalized spacial score (nSPS) is 19.7. The van der Waals surface area contributed by atoms with Gasteiger partial charge in [-0.05, 0) is 17.9 Å². The standard InChI is InChI=1S/C17H27N3O.HI/c1-14(16-7-5-4-6-8-16)11-19-17(18-2)20-10-9-15(12-20)13-21-3;/h4-8,14-15H,9-13H2,1-3H3,(H,18,19);1H. The molecule has 1 aliphatic heterocycles. The summed E-state index contributed by atoms with van der Waals surface area (Å²) in [5, 5.41) is 3.51. The van der Waals surface area contributed by atoms with Crippen LogP contribution in [-0.2, 0) is 4.74 Å². The molecular formula is C17H28IN3O. The first-order chi connectivity index (χ1) is 10.2. The number of halogens is 1. The molecule has 124 valence electrons. The smallest absolute Gasteiger partial charge is 0.193 e. The van der Waals surface area contributed by atoms with Crippen molar-refractivity contribution in [3.8, 4) is 0 Å². The van der Waals surface area contributed by atoms with Gasteiger partial charge >= 0.3 is 0 Å². The van der Waals surface area contributed by atoms with Crippen molar-refractivity contribution in [2.45, 2.75) is 19.3 Å². The lowest BCUT2D eigenvalue weighted by molar-refractivity contribution is 0.157. The SMILES string of the molecule is CN=C(NCC(C)c1ccccc1)N1CCC(COC)C1.I. The average molecular weight is 417 g/mol. The Kier molecular flexibility index (Phi) is 8.78. The van der Waals surface area contributed by atoms with Crippen molar-refractivity contribution in [2.75, 3.05) is 40.4 Å². The van der Waals surface area contributed by atoms with Crippen molar-refractivity contribution in [3.05, 3.63) is 35.9 Å². The van der Waals surface area contributed by atoms with Gasteiger partial charge in [-0.15, -0.1) is 24.0 Å². The number of hydrogen-bond donors (Lipinski definition) is 1. The third-order valence-corrected chi connectivity index (χ3v) is 4.13. The zero-order valence-electron chi connectivity index (χ0n) is 13.8. The first-order valence-electron chi connectivity index (χ1n) is 7.74. The summed E-state index contributed by atoms with van der Waals surface area (Å²) in [6, 6.07) is 10.6. The van der Waals surface area contributed by atoms with E-state index >= 15 is 0 Å². The van der Waals surface area contributed by atoms with Crippen LogP contribution in [0.2, 0.25) is 0 Å². The van der Waals surface area contributed by atoms with Gasteiger partial charge in [0.1, 0.15) is 0 Å². The summed E-state index contributed by atoms with van der Waals surface area (Å²) >= 11 is 0. The monoisotopic (exact) mass is 417 g/mol. The Labute approximate surface area is 151 Å². The zero-order chi connectivity index (χ0) is 15.1. The van der Waals surface area contributed by atoms with Gasteiger partial charge in [0, 0.05) is 39.7 Å². The molecule has 1 aromatic carbocycles. The van der Waals surface area contributed by atoms with Crippen molar-refractivity contribution in [3.63, 3.8) is 0 Å². The largest absolute Gasteiger partial charge is 0.384 e. The fourth-order valence-corrected chi connectivity index (χ4v) is 2.87. The van der Waals surface area contributed by atoms with Crippen LogP contribution in [0.1, 0.15) is 24.8 Å². The topological polar surface area (TPSA) is 36.9 Å². The highest BCUT2D eigenvalue weighted by Crippen LogP contribution is 2.17. The molecule has 1 aromatic rings. The minimum absolute atomic E-state index is 0. The van der Waals surface area contributed by atoms with E-state index in [1.54, 1.807) is 7.11 Å². The minimum atomic E-state index is 0. The van der Waals surface area contributed by atoms with Crippen LogP contribution >= 0.6 is 24.0 Å². The van der Waals surface area contributed by atoms with Gasteiger partial charge in [-0.1, -0.05) is 37.3 Å². The second-order valence-electron chi connectivity index (χ2n) is 5.80. The van der Waals surface area contributed by atoms with Gasteiger partial charge in [0.2, 0.25) is 0 Å². The first kappa shape index (κ1) is 19.2. The molecule has 1 aliphatic rings. The molecule has 2 rings (SSSR count). The molecule has 0 radical (unpaired) electrons. The van der Waals surface area contributed by atoms with E-state index < -0.39 is 0 Å². The van der Waals surface area contributed by atoms with Gasteiger partial charge in [0.25, 0.3) is 0 Å². The summed E-state index contributed by atoms with van der Waals surface area (Å²) < 4.78 is 5.26. The number of ether oxygens (including phenoxy) is 1. The average Bonchev–Trinajstić information content (AvgIpc) is 2.97. The second kappa shape index (κ2) is 10.0. The van der Waals surface area contributed by atoms with Crippen LogP contribution in [0.25, 0.3) is 0 Å². The lowest BCUT2D eigenvalue weighted by Gasteiger charge is -2.23. The lowest BCUT2D eigenvalue weighted by Crippen LogP contribution is -2.41. The van der Waals surface area contributed by atoms with E-state index in [4.69, 9.17) is 4.74 Å². The molecular weight excluding hydrogens is 389 g/mol. The van der Waals surface area contributed by atoms with Gasteiger partial charge in [0.15, 0.2) is 5.96 Å². The molecule has 2 unspecified atom stereocenters. The number of aliphatic imine (C=N–C) groups is 1. The van der Waals surface area contributed by atoms with Crippen molar-refractivity contribution < 1.29 is 4.74 Å². The zero-order valence-corrected chi connectivity index (χ0v) is 16.1. The Morgan fingerprint density at radius 2 is 2.14 bits per heavy atom. The van der Waals surface area contributed by atoms with Gasteiger partial charge in [-0.2, -0.15) is 0 Å². The molecule has 0 saturated carbocycles. The molecule has 5 heteroatoms. The summed E-state index contributed by atoms with van der Waals surface area (Å²) in [5.41, 5.74) is 1.36. The highest BCUT2D eigenvalue weighted by Gasteiger charge is 2.24. The Bertz CT molecular complexity index is 452. The lowest BCUT2D eigenvalue weighted by atomic mass is 10.0. The van der Waals surface area contributed by atoms with E-state index in [1.165, 1.54) is 12.0 Å². The Morgan fingerprint density at radius 3 is 2.77 bits per heavy atom. The number of methoxy groups -OCH3 is 1. The van der Waals surface area contributed by atoms with E-state index in [1.807, 2.05) is 7.05 Å². The predicted molar refractivity (Wildman–Crippen MR) is 103 cm³/mol. The van der Waals surface area contributed by atoms with Crippen LogP contribution in [0.3, 0.4) is 0 Å². The summed E-state index contributed by atoms with van der Waals surface area (Å²) in [5.74, 6) is 2.11. The van der Waals surface area contributed by atoms with Gasteiger partial charge in [-0.25, -0.2) is 0 Å². The van der Waals surface area contributed by atoms with Crippen molar-refractivity contribution in [1.82, 2.24) is 10.2 Å². The summed E-state index contributed by atoms with van der Waals surface area (Å²) in [7, 11) is 3.64. The molecule has 1 heterocycles. The highest BCUT2D eigenvalue weighted by molar-refractivity contribution is 14.0. The fraction of sp³-hybridized carbons (Fsp3) is 0.588. The fourth-order valence-electron chi connectivity index (χ4n) is 2.87. The van der Waals surface area contributed by atoms with Crippen LogP contribution in [0.15, 0.2) is 35.3 Å².